The molecule has 2 aliphatic rings. The molecule has 1 aromatic rings. The van der Waals surface area contributed by atoms with E-state index >= 15 is 0 Å². The fourth-order valence-electron chi connectivity index (χ4n) is 4.01. The van der Waals surface area contributed by atoms with Crippen molar-refractivity contribution in [3.8, 4) is 0 Å². The predicted octanol–water partition coefficient (Wildman–Crippen LogP) is 3.34. The van der Waals surface area contributed by atoms with Crippen molar-refractivity contribution in [1.29, 1.82) is 0 Å². The molecule has 106 valence electrons. The first kappa shape index (κ1) is 13.4. The fraction of sp³-hybridized carbons (Fsp3) is 0.800. The molecule has 0 aromatic carbocycles. The summed E-state index contributed by atoms with van der Waals surface area (Å²) in [6.07, 6.45) is 5.88. The second-order valence-corrected chi connectivity index (χ2v) is 7.56. The summed E-state index contributed by atoms with van der Waals surface area (Å²) >= 11 is 1.77. The largest absolute Gasteiger partial charge is 0.351 e. The molecule has 0 spiro atoms. The first-order chi connectivity index (χ1) is 9.04. The minimum atomic E-state index is 0.0992. The van der Waals surface area contributed by atoms with Gasteiger partial charge in [0.1, 0.15) is 0 Å². The minimum Gasteiger partial charge on any atom is -0.351 e. The lowest BCUT2D eigenvalue weighted by Gasteiger charge is -2.26. The average molecular weight is 279 g/mol. The van der Waals surface area contributed by atoms with E-state index in [1.807, 2.05) is 6.92 Å². The maximum atomic E-state index is 5.99. The van der Waals surface area contributed by atoms with Crippen LogP contribution in [-0.2, 0) is 0 Å². The Hall–Kier alpha value is -0.610. The van der Waals surface area contributed by atoms with Crippen molar-refractivity contribution in [2.24, 2.45) is 23.5 Å². The second kappa shape index (κ2) is 5.06. The Kier molecular flexibility index (Phi) is 3.56. The number of nitrogens with zero attached hydrogens (tertiary/aromatic N) is 2. The number of rotatable bonds is 4. The molecule has 1 heterocycles. The molecule has 4 heteroatoms. The van der Waals surface area contributed by atoms with Gasteiger partial charge < -0.3 is 10.6 Å². The highest BCUT2D eigenvalue weighted by Gasteiger charge is 2.39. The first-order valence-corrected chi connectivity index (χ1v) is 8.30. The third-order valence-corrected chi connectivity index (χ3v) is 6.43. The lowest BCUT2D eigenvalue weighted by atomic mass is 9.88. The molecule has 0 amide bonds. The van der Waals surface area contributed by atoms with E-state index < -0.39 is 0 Å². The maximum absolute atomic E-state index is 5.99. The Morgan fingerprint density at radius 1 is 1.42 bits per heavy atom. The molecule has 3 rings (SSSR count). The number of anilines is 1. The van der Waals surface area contributed by atoms with Gasteiger partial charge in [0.05, 0.1) is 5.69 Å². The predicted molar refractivity (Wildman–Crippen MR) is 81.7 cm³/mol. The van der Waals surface area contributed by atoms with Crippen LogP contribution < -0.4 is 10.6 Å². The molecule has 0 aliphatic heterocycles. The van der Waals surface area contributed by atoms with E-state index in [0.717, 1.165) is 28.6 Å². The lowest BCUT2D eigenvalue weighted by Crippen LogP contribution is -2.28. The van der Waals surface area contributed by atoms with E-state index in [4.69, 9.17) is 10.7 Å². The summed E-state index contributed by atoms with van der Waals surface area (Å²) in [5.41, 5.74) is 7.10. The standard InChI is InChI=1S/C15H25N3S/c1-9(16)14-10(2)17-15(19-14)18(3)8-13-7-11-4-5-12(13)6-11/h9,11-13H,4-8,16H2,1-3H3. The van der Waals surface area contributed by atoms with Crippen LogP contribution >= 0.6 is 11.3 Å². The van der Waals surface area contributed by atoms with Gasteiger partial charge in [0.2, 0.25) is 0 Å². The molecular formula is C15H25N3S. The zero-order chi connectivity index (χ0) is 13.6. The zero-order valence-electron chi connectivity index (χ0n) is 12.2. The van der Waals surface area contributed by atoms with Crippen LogP contribution in [-0.4, -0.2) is 18.6 Å². The number of nitrogens with two attached hydrogens (primary N) is 1. The van der Waals surface area contributed by atoms with Gasteiger partial charge in [0, 0.05) is 24.5 Å². The van der Waals surface area contributed by atoms with Crippen LogP contribution in [0.3, 0.4) is 0 Å². The van der Waals surface area contributed by atoms with Gasteiger partial charge >= 0.3 is 0 Å². The molecule has 2 saturated carbocycles. The van der Waals surface area contributed by atoms with Crippen LogP contribution in [0, 0.1) is 24.7 Å². The van der Waals surface area contributed by atoms with Crippen molar-refractivity contribution in [3.63, 3.8) is 0 Å². The Bertz CT molecular complexity index is 454. The van der Waals surface area contributed by atoms with Crippen LogP contribution in [0.5, 0.6) is 0 Å². The van der Waals surface area contributed by atoms with Gasteiger partial charge in [0.25, 0.3) is 0 Å². The van der Waals surface area contributed by atoms with E-state index in [1.165, 1.54) is 37.1 Å². The second-order valence-electron chi connectivity index (χ2n) is 6.55. The molecule has 1 aromatic heterocycles. The van der Waals surface area contributed by atoms with E-state index in [2.05, 4.69) is 18.9 Å². The van der Waals surface area contributed by atoms with Crippen LogP contribution in [0.1, 0.15) is 49.2 Å². The molecule has 2 fully saturated rings. The summed E-state index contributed by atoms with van der Waals surface area (Å²) < 4.78 is 0. The summed E-state index contributed by atoms with van der Waals surface area (Å²) in [6, 6.07) is 0.0992. The molecule has 3 nitrogen and oxygen atoms in total. The SMILES string of the molecule is Cc1nc(N(C)CC2CC3CCC2C3)sc1C(C)N. The Morgan fingerprint density at radius 3 is 2.74 bits per heavy atom. The van der Waals surface area contributed by atoms with Gasteiger partial charge in [-0.1, -0.05) is 6.42 Å². The lowest BCUT2D eigenvalue weighted by molar-refractivity contribution is 0.337. The Labute approximate surface area is 120 Å². The van der Waals surface area contributed by atoms with Crippen LogP contribution in [0.25, 0.3) is 0 Å². The number of hydrogen-bond donors (Lipinski definition) is 1. The number of thiazole rings is 1. The summed E-state index contributed by atoms with van der Waals surface area (Å²) in [5, 5.41) is 1.15. The Balaban J connectivity index is 1.67. The van der Waals surface area contributed by atoms with Crippen molar-refractivity contribution in [2.45, 2.75) is 45.6 Å². The summed E-state index contributed by atoms with van der Waals surface area (Å²) in [6.45, 7) is 5.29. The number of fused-ring (bicyclic) bond motifs is 2. The fourth-order valence-corrected chi connectivity index (χ4v) is 5.00. The van der Waals surface area contributed by atoms with E-state index in [-0.39, 0.29) is 6.04 Å². The van der Waals surface area contributed by atoms with Crippen molar-refractivity contribution in [1.82, 2.24) is 4.98 Å². The molecule has 4 atom stereocenters. The molecule has 2 N–H and O–H groups in total. The van der Waals surface area contributed by atoms with Gasteiger partial charge in [-0.25, -0.2) is 4.98 Å². The van der Waals surface area contributed by atoms with E-state index in [1.54, 1.807) is 11.3 Å². The normalized spacial score (nSPS) is 30.8. The maximum Gasteiger partial charge on any atom is 0.185 e. The van der Waals surface area contributed by atoms with Crippen LogP contribution in [0.4, 0.5) is 5.13 Å². The smallest absolute Gasteiger partial charge is 0.185 e. The van der Waals surface area contributed by atoms with Crippen molar-refractivity contribution in [3.05, 3.63) is 10.6 Å². The van der Waals surface area contributed by atoms with Gasteiger partial charge in [-0.15, -0.1) is 11.3 Å². The number of aromatic nitrogens is 1. The highest BCUT2D eigenvalue weighted by Crippen LogP contribution is 2.48. The minimum absolute atomic E-state index is 0.0992. The van der Waals surface area contributed by atoms with Crippen molar-refractivity contribution >= 4 is 16.5 Å². The third kappa shape index (κ3) is 2.52. The van der Waals surface area contributed by atoms with Crippen LogP contribution in [0.2, 0.25) is 0 Å². The monoisotopic (exact) mass is 279 g/mol. The zero-order valence-corrected chi connectivity index (χ0v) is 13.0. The van der Waals surface area contributed by atoms with Gasteiger partial charge in [0.15, 0.2) is 5.13 Å². The highest BCUT2D eigenvalue weighted by molar-refractivity contribution is 7.15. The van der Waals surface area contributed by atoms with Crippen molar-refractivity contribution < 1.29 is 0 Å². The average Bonchev–Trinajstić information content (AvgIpc) is 3.02. The topological polar surface area (TPSA) is 42.2 Å². The number of hydrogen-bond acceptors (Lipinski definition) is 4. The third-order valence-electron chi connectivity index (χ3n) is 4.95. The first-order valence-electron chi connectivity index (χ1n) is 7.48. The molecule has 19 heavy (non-hydrogen) atoms. The highest BCUT2D eigenvalue weighted by atomic mass is 32.1. The number of aryl methyl sites for hydroxylation is 1. The van der Waals surface area contributed by atoms with Gasteiger partial charge in [-0.2, -0.15) is 0 Å². The van der Waals surface area contributed by atoms with Crippen molar-refractivity contribution in [2.75, 3.05) is 18.5 Å². The summed E-state index contributed by atoms with van der Waals surface area (Å²) in [7, 11) is 2.19. The molecule has 0 saturated heterocycles. The summed E-state index contributed by atoms with van der Waals surface area (Å²) in [5.74, 6) is 2.91. The molecule has 2 bridgehead atoms. The summed E-state index contributed by atoms with van der Waals surface area (Å²) in [4.78, 5) is 8.29. The van der Waals surface area contributed by atoms with E-state index in [9.17, 15) is 0 Å². The van der Waals surface area contributed by atoms with E-state index in [0.29, 0.717) is 0 Å². The molecule has 0 radical (unpaired) electrons. The molecule has 2 aliphatic carbocycles. The van der Waals surface area contributed by atoms with Gasteiger partial charge in [-0.05, 0) is 50.9 Å². The quantitative estimate of drug-likeness (QED) is 0.919. The molecular weight excluding hydrogens is 254 g/mol. The van der Waals surface area contributed by atoms with Crippen LogP contribution in [0.15, 0.2) is 0 Å². The molecule has 4 unspecified atom stereocenters. The Morgan fingerprint density at radius 2 is 2.21 bits per heavy atom. The van der Waals surface area contributed by atoms with Gasteiger partial charge in [-0.3, -0.25) is 0 Å².